The van der Waals surface area contributed by atoms with E-state index in [1.165, 1.54) is 0 Å². The molecule has 126 valence electrons. The third kappa shape index (κ3) is 4.96. The summed E-state index contributed by atoms with van der Waals surface area (Å²) in [6, 6.07) is 7.51. The van der Waals surface area contributed by atoms with Gasteiger partial charge in [-0.25, -0.2) is 4.79 Å². The van der Waals surface area contributed by atoms with Crippen molar-refractivity contribution in [3.05, 3.63) is 34.9 Å². The van der Waals surface area contributed by atoms with Crippen molar-refractivity contribution in [1.82, 2.24) is 4.90 Å². The highest BCUT2D eigenvalue weighted by Gasteiger charge is 2.38. The monoisotopic (exact) mass is 337 g/mol. The molecule has 1 saturated heterocycles. The second-order valence-corrected chi connectivity index (χ2v) is 7.73. The molecule has 1 aromatic carbocycles. The summed E-state index contributed by atoms with van der Waals surface area (Å²) in [6.07, 6.45) is 2.83. The van der Waals surface area contributed by atoms with Gasteiger partial charge in [0.25, 0.3) is 0 Å². The van der Waals surface area contributed by atoms with Crippen molar-refractivity contribution in [3.8, 4) is 0 Å². The first-order chi connectivity index (χ1) is 10.7. The summed E-state index contributed by atoms with van der Waals surface area (Å²) < 4.78 is 5.43. The van der Waals surface area contributed by atoms with Crippen molar-refractivity contribution in [2.75, 3.05) is 13.1 Å². The van der Waals surface area contributed by atoms with Gasteiger partial charge in [0.1, 0.15) is 11.9 Å². The smallest absolute Gasteiger partial charge is 0.410 e. The van der Waals surface area contributed by atoms with Gasteiger partial charge in [-0.15, -0.1) is 0 Å². The number of amides is 1. The average molecular weight is 338 g/mol. The Kier molecular flexibility index (Phi) is 5.35. The van der Waals surface area contributed by atoms with E-state index < -0.39 is 11.0 Å². The zero-order valence-corrected chi connectivity index (χ0v) is 14.7. The molecule has 1 atom stereocenters. The molecule has 5 heteroatoms. The third-order valence-electron chi connectivity index (χ3n) is 3.98. The van der Waals surface area contributed by atoms with Crippen molar-refractivity contribution >= 4 is 24.0 Å². The molecular formula is C18H24ClNO3. The van der Waals surface area contributed by atoms with Gasteiger partial charge in [0.2, 0.25) is 0 Å². The Morgan fingerprint density at radius 2 is 2.00 bits per heavy atom. The highest BCUT2D eigenvalue weighted by molar-refractivity contribution is 6.30. The standard InChI is InChI=1S/C18H24ClNO3/c1-17(2,3)23-16(22)20-10-4-9-18(12-20,13-21)11-14-5-7-15(19)8-6-14/h5-8,13H,4,9-12H2,1-3H3. The van der Waals surface area contributed by atoms with E-state index in [1.807, 2.05) is 45.0 Å². The summed E-state index contributed by atoms with van der Waals surface area (Å²) in [6.45, 7) is 6.56. The number of carbonyl (C=O) groups excluding carboxylic acids is 2. The van der Waals surface area contributed by atoms with Crippen LogP contribution in [-0.2, 0) is 16.0 Å². The van der Waals surface area contributed by atoms with E-state index in [2.05, 4.69) is 0 Å². The van der Waals surface area contributed by atoms with Gasteiger partial charge in [0.15, 0.2) is 0 Å². The molecule has 0 bridgehead atoms. The first-order valence-corrected chi connectivity index (χ1v) is 8.30. The summed E-state index contributed by atoms with van der Waals surface area (Å²) in [5.41, 5.74) is -0.0371. The Morgan fingerprint density at radius 3 is 2.57 bits per heavy atom. The molecule has 0 radical (unpaired) electrons. The van der Waals surface area contributed by atoms with Crippen molar-refractivity contribution in [1.29, 1.82) is 0 Å². The fourth-order valence-electron chi connectivity index (χ4n) is 2.93. The molecule has 1 heterocycles. The van der Waals surface area contributed by atoms with E-state index in [1.54, 1.807) is 4.90 Å². The average Bonchev–Trinajstić information content (AvgIpc) is 2.48. The molecule has 0 aliphatic carbocycles. The van der Waals surface area contributed by atoms with Gasteiger partial charge in [0, 0.05) is 23.5 Å². The number of hydrogen-bond donors (Lipinski definition) is 0. The minimum absolute atomic E-state index is 0.348. The Balaban J connectivity index is 2.10. The number of likely N-dealkylation sites (tertiary alicyclic amines) is 1. The minimum Gasteiger partial charge on any atom is -0.444 e. The lowest BCUT2D eigenvalue weighted by molar-refractivity contribution is -0.119. The Bertz CT molecular complexity index is 565. The molecule has 1 fully saturated rings. The number of nitrogens with zero attached hydrogens (tertiary/aromatic N) is 1. The predicted octanol–water partition coefficient (Wildman–Crippen LogP) is 4.10. The predicted molar refractivity (Wildman–Crippen MR) is 90.7 cm³/mol. The fraction of sp³-hybridized carbons (Fsp3) is 0.556. The van der Waals surface area contributed by atoms with E-state index >= 15 is 0 Å². The Labute approximate surface area is 142 Å². The van der Waals surface area contributed by atoms with E-state index in [-0.39, 0.29) is 6.09 Å². The zero-order valence-electron chi connectivity index (χ0n) is 14.0. The van der Waals surface area contributed by atoms with Crippen molar-refractivity contribution in [3.63, 3.8) is 0 Å². The van der Waals surface area contributed by atoms with Crippen LogP contribution in [-0.4, -0.2) is 36.0 Å². The van der Waals surface area contributed by atoms with E-state index in [0.717, 1.165) is 24.7 Å². The van der Waals surface area contributed by atoms with Crippen LogP contribution in [0.15, 0.2) is 24.3 Å². The first kappa shape index (κ1) is 17.8. The van der Waals surface area contributed by atoms with Gasteiger partial charge in [-0.05, 0) is 57.7 Å². The number of benzene rings is 1. The normalized spacial score (nSPS) is 21.8. The van der Waals surface area contributed by atoms with Crippen LogP contribution in [0.5, 0.6) is 0 Å². The molecule has 1 aliphatic rings. The van der Waals surface area contributed by atoms with E-state index in [9.17, 15) is 9.59 Å². The molecule has 0 spiro atoms. The maximum absolute atomic E-state index is 12.3. The minimum atomic E-state index is -0.553. The lowest BCUT2D eigenvalue weighted by Crippen LogP contribution is -2.49. The molecule has 0 N–H and O–H groups in total. The molecule has 0 saturated carbocycles. The molecule has 4 nitrogen and oxygen atoms in total. The van der Waals surface area contributed by atoms with Crippen molar-refractivity contribution < 1.29 is 14.3 Å². The van der Waals surface area contributed by atoms with Crippen LogP contribution in [0.4, 0.5) is 4.79 Å². The highest BCUT2D eigenvalue weighted by atomic mass is 35.5. The second kappa shape index (κ2) is 6.91. The maximum atomic E-state index is 12.3. The molecule has 1 aromatic rings. The molecule has 1 amide bonds. The third-order valence-corrected chi connectivity index (χ3v) is 4.23. The van der Waals surface area contributed by atoms with Gasteiger partial charge in [-0.2, -0.15) is 0 Å². The lowest BCUT2D eigenvalue weighted by Gasteiger charge is -2.39. The van der Waals surface area contributed by atoms with Crippen LogP contribution in [0.1, 0.15) is 39.2 Å². The second-order valence-electron chi connectivity index (χ2n) is 7.29. The molecule has 1 unspecified atom stereocenters. The van der Waals surface area contributed by atoms with Crippen LogP contribution in [0.25, 0.3) is 0 Å². The molecule has 23 heavy (non-hydrogen) atoms. The van der Waals surface area contributed by atoms with Crippen LogP contribution < -0.4 is 0 Å². The molecular weight excluding hydrogens is 314 g/mol. The molecule has 1 aliphatic heterocycles. The number of rotatable bonds is 3. The summed E-state index contributed by atoms with van der Waals surface area (Å²) in [5, 5.41) is 0.674. The molecule has 2 rings (SSSR count). The number of aldehydes is 1. The van der Waals surface area contributed by atoms with Gasteiger partial charge in [-0.1, -0.05) is 23.7 Å². The Hall–Kier alpha value is -1.55. The Morgan fingerprint density at radius 1 is 1.35 bits per heavy atom. The zero-order chi connectivity index (χ0) is 17.1. The lowest BCUT2D eigenvalue weighted by atomic mass is 9.76. The van der Waals surface area contributed by atoms with E-state index in [4.69, 9.17) is 16.3 Å². The number of piperidine rings is 1. The number of ether oxygens (including phenoxy) is 1. The van der Waals surface area contributed by atoms with Gasteiger partial charge in [-0.3, -0.25) is 0 Å². The number of hydrogen-bond acceptors (Lipinski definition) is 3. The van der Waals surface area contributed by atoms with Crippen LogP contribution >= 0.6 is 11.6 Å². The largest absolute Gasteiger partial charge is 0.444 e. The van der Waals surface area contributed by atoms with Gasteiger partial charge in [0.05, 0.1) is 0 Å². The van der Waals surface area contributed by atoms with Crippen LogP contribution in [0, 0.1) is 5.41 Å². The summed E-state index contributed by atoms with van der Waals surface area (Å²) >= 11 is 5.91. The van der Waals surface area contributed by atoms with Crippen LogP contribution in [0.2, 0.25) is 5.02 Å². The first-order valence-electron chi connectivity index (χ1n) is 7.92. The van der Waals surface area contributed by atoms with Crippen molar-refractivity contribution in [2.24, 2.45) is 5.41 Å². The fourth-order valence-corrected chi connectivity index (χ4v) is 3.06. The summed E-state index contributed by atoms with van der Waals surface area (Å²) in [7, 11) is 0. The summed E-state index contributed by atoms with van der Waals surface area (Å²) in [5.74, 6) is 0. The van der Waals surface area contributed by atoms with Crippen LogP contribution in [0.3, 0.4) is 0 Å². The topological polar surface area (TPSA) is 46.6 Å². The highest BCUT2D eigenvalue weighted by Crippen LogP contribution is 2.33. The number of halogens is 1. The quantitative estimate of drug-likeness (QED) is 0.780. The van der Waals surface area contributed by atoms with Gasteiger partial charge >= 0.3 is 6.09 Å². The van der Waals surface area contributed by atoms with E-state index in [0.29, 0.717) is 24.5 Å². The SMILES string of the molecule is CC(C)(C)OC(=O)N1CCCC(C=O)(Cc2ccc(Cl)cc2)C1. The maximum Gasteiger partial charge on any atom is 0.410 e. The summed E-state index contributed by atoms with van der Waals surface area (Å²) in [4.78, 5) is 25.7. The van der Waals surface area contributed by atoms with Crippen molar-refractivity contribution in [2.45, 2.75) is 45.6 Å². The number of carbonyl (C=O) groups is 2. The van der Waals surface area contributed by atoms with Gasteiger partial charge < -0.3 is 14.4 Å². The molecule has 0 aromatic heterocycles.